The SMILES string of the molecule is COc1ccc2c(c1)OC(C)(C)CC2NC(=O)CN(c1cc(C)ccc1C)S(=O)(=O)c1ccccc1. The Labute approximate surface area is 213 Å². The van der Waals surface area contributed by atoms with Gasteiger partial charge in [-0.15, -0.1) is 0 Å². The molecule has 1 aliphatic rings. The molecule has 0 aromatic heterocycles. The lowest BCUT2D eigenvalue weighted by molar-refractivity contribution is -0.120. The van der Waals surface area contributed by atoms with Crippen molar-refractivity contribution in [2.45, 2.75) is 50.7 Å². The van der Waals surface area contributed by atoms with E-state index >= 15 is 0 Å². The second-order valence-electron chi connectivity index (χ2n) is 9.70. The molecule has 0 fully saturated rings. The van der Waals surface area contributed by atoms with Gasteiger partial charge in [-0.3, -0.25) is 9.10 Å². The van der Waals surface area contributed by atoms with E-state index in [1.54, 1.807) is 37.4 Å². The minimum atomic E-state index is -3.99. The van der Waals surface area contributed by atoms with Crippen molar-refractivity contribution in [3.05, 3.63) is 83.4 Å². The Morgan fingerprint density at radius 1 is 1.08 bits per heavy atom. The van der Waals surface area contributed by atoms with Crippen molar-refractivity contribution in [3.8, 4) is 11.5 Å². The van der Waals surface area contributed by atoms with Gasteiger partial charge in [-0.25, -0.2) is 8.42 Å². The number of carbonyl (C=O) groups excluding carboxylic acids is 1. The van der Waals surface area contributed by atoms with Crippen LogP contribution in [0, 0.1) is 13.8 Å². The maximum atomic E-state index is 13.7. The van der Waals surface area contributed by atoms with E-state index in [0.29, 0.717) is 23.6 Å². The maximum absolute atomic E-state index is 13.7. The Kier molecular flexibility index (Phi) is 7.00. The van der Waals surface area contributed by atoms with Crippen LogP contribution in [0.4, 0.5) is 5.69 Å². The normalized spacial score (nSPS) is 16.4. The van der Waals surface area contributed by atoms with Crippen LogP contribution in [-0.4, -0.2) is 33.6 Å². The molecule has 1 unspecified atom stereocenters. The number of amides is 1. The third-order valence-corrected chi connectivity index (χ3v) is 8.04. The Morgan fingerprint density at radius 3 is 2.50 bits per heavy atom. The summed E-state index contributed by atoms with van der Waals surface area (Å²) < 4.78 is 40.1. The van der Waals surface area contributed by atoms with Gasteiger partial charge in [0.15, 0.2) is 0 Å². The van der Waals surface area contributed by atoms with Gasteiger partial charge in [0.25, 0.3) is 10.0 Å². The van der Waals surface area contributed by atoms with Gasteiger partial charge >= 0.3 is 0 Å². The molecule has 0 saturated heterocycles. The number of aryl methyl sites for hydroxylation is 2. The fraction of sp³-hybridized carbons (Fsp3) is 0.321. The van der Waals surface area contributed by atoms with Crippen LogP contribution in [0.1, 0.15) is 43.0 Å². The summed E-state index contributed by atoms with van der Waals surface area (Å²) in [6, 6.07) is 18.9. The van der Waals surface area contributed by atoms with Gasteiger partial charge in [0.05, 0.1) is 23.7 Å². The van der Waals surface area contributed by atoms with Crippen molar-refractivity contribution in [1.82, 2.24) is 5.32 Å². The van der Waals surface area contributed by atoms with Crippen molar-refractivity contribution in [3.63, 3.8) is 0 Å². The lowest BCUT2D eigenvalue weighted by atomic mass is 9.89. The van der Waals surface area contributed by atoms with Gasteiger partial charge < -0.3 is 14.8 Å². The van der Waals surface area contributed by atoms with E-state index in [9.17, 15) is 13.2 Å². The molecule has 1 atom stereocenters. The van der Waals surface area contributed by atoms with Crippen LogP contribution in [0.25, 0.3) is 0 Å². The number of ether oxygens (including phenoxy) is 2. The van der Waals surface area contributed by atoms with E-state index in [-0.39, 0.29) is 17.5 Å². The van der Waals surface area contributed by atoms with Crippen LogP contribution in [0.2, 0.25) is 0 Å². The maximum Gasteiger partial charge on any atom is 0.264 e. The summed E-state index contributed by atoms with van der Waals surface area (Å²) in [5.74, 6) is 0.894. The standard InChI is InChI=1S/C28H32N2O5S/c1-19-11-12-20(2)25(15-19)30(36(32,33)22-9-7-6-8-10-22)18-27(31)29-24-17-28(3,4)35-26-16-21(34-5)13-14-23(24)26/h6-16,24H,17-18H2,1-5H3,(H,29,31). The zero-order valence-corrected chi connectivity index (χ0v) is 22.1. The van der Waals surface area contributed by atoms with Crippen LogP contribution in [-0.2, 0) is 14.8 Å². The lowest BCUT2D eigenvalue weighted by Crippen LogP contribution is -2.45. The number of rotatable bonds is 7. The molecule has 0 radical (unpaired) electrons. The molecule has 1 amide bonds. The molecule has 36 heavy (non-hydrogen) atoms. The highest BCUT2D eigenvalue weighted by Gasteiger charge is 2.36. The predicted octanol–water partition coefficient (Wildman–Crippen LogP) is 4.93. The largest absolute Gasteiger partial charge is 0.497 e. The summed E-state index contributed by atoms with van der Waals surface area (Å²) in [4.78, 5) is 13.6. The number of sulfonamides is 1. The molecule has 4 rings (SSSR count). The van der Waals surface area contributed by atoms with Crippen LogP contribution in [0.3, 0.4) is 0 Å². The monoisotopic (exact) mass is 508 g/mol. The quantitative estimate of drug-likeness (QED) is 0.489. The first kappa shape index (κ1) is 25.6. The van der Waals surface area contributed by atoms with Crippen molar-refractivity contribution in [1.29, 1.82) is 0 Å². The van der Waals surface area contributed by atoms with E-state index in [1.165, 1.54) is 16.4 Å². The van der Waals surface area contributed by atoms with Crippen molar-refractivity contribution < 1.29 is 22.7 Å². The minimum Gasteiger partial charge on any atom is -0.497 e. The van der Waals surface area contributed by atoms with Crippen LogP contribution in [0.5, 0.6) is 11.5 Å². The highest BCUT2D eigenvalue weighted by molar-refractivity contribution is 7.92. The number of methoxy groups -OCH3 is 1. The third kappa shape index (κ3) is 5.33. The highest BCUT2D eigenvalue weighted by atomic mass is 32.2. The smallest absolute Gasteiger partial charge is 0.264 e. The van der Waals surface area contributed by atoms with E-state index in [2.05, 4.69) is 5.32 Å². The molecule has 0 bridgehead atoms. The average Bonchev–Trinajstić information content (AvgIpc) is 2.83. The van der Waals surface area contributed by atoms with Crippen LogP contribution < -0.4 is 19.1 Å². The average molecular weight is 509 g/mol. The van der Waals surface area contributed by atoms with Gasteiger partial charge in [-0.1, -0.05) is 30.3 Å². The van der Waals surface area contributed by atoms with Crippen LogP contribution >= 0.6 is 0 Å². The first-order valence-corrected chi connectivity index (χ1v) is 13.3. The summed E-state index contributed by atoms with van der Waals surface area (Å²) >= 11 is 0. The van der Waals surface area contributed by atoms with Crippen molar-refractivity contribution in [2.24, 2.45) is 0 Å². The zero-order chi connectivity index (χ0) is 26.1. The van der Waals surface area contributed by atoms with Crippen LogP contribution in [0.15, 0.2) is 71.6 Å². The fourth-order valence-electron chi connectivity index (χ4n) is 4.47. The lowest BCUT2D eigenvalue weighted by Gasteiger charge is -2.38. The summed E-state index contributed by atoms with van der Waals surface area (Å²) in [5, 5.41) is 3.06. The van der Waals surface area contributed by atoms with Gasteiger partial charge in [0, 0.05) is 18.1 Å². The number of hydrogen-bond donors (Lipinski definition) is 1. The molecule has 0 aliphatic carbocycles. The summed E-state index contributed by atoms with van der Waals surface area (Å²) in [6.45, 7) is 7.29. The molecule has 3 aromatic carbocycles. The molecule has 1 N–H and O–H groups in total. The number of anilines is 1. The molecule has 8 heteroatoms. The van der Waals surface area contributed by atoms with E-state index in [0.717, 1.165) is 16.7 Å². The summed E-state index contributed by atoms with van der Waals surface area (Å²) in [6.07, 6.45) is 0.535. The topological polar surface area (TPSA) is 84.9 Å². The Hall–Kier alpha value is -3.52. The number of nitrogens with zero attached hydrogens (tertiary/aromatic N) is 1. The van der Waals surface area contributed by atoms with E-state index < -0.39 is 21.5 Å². The van der Waals surface area contributed by atoms with E-state index in [4.69, 9.17) is 9.47 Å². The molecule has 0 spiro atoms. The second-order valence-corrected chi connectivity index (χ2v) is 11.6. The molecule has 3 aromatic rings. The number of fused-ring (bicyclic) bond motifs is 1. The van der Waals surface area contributed by atoms with Gasteiger partial charge in [-0.05, 0) is 69.2 Å². The first-order valence-electron chi connectivity index (χ1n) is 11.8. The molecular weight excluding hydrogens is 476 g/mol. The van der Waals surface area contributed by atoms with Gasteiger partial charge in [0.1, 0.15) is 23.6 Å². The molecule has 1 aliphatic heterocycles. The van der Waals surface area contributed by atoms with Crippen molar-refractivity contribution in [2.75, 3.05) is 18.0 Å². The van der Waals surface area contributed by atoms with Crippen molar-refractivity contribution >= 4 is 21.6 Å². The zero-order valence-electron chi connectivity index (χ0n) is 21.2. The second kappa shape index (κ2) is 9.85. The Bertz CT molecular complexity index is 1370. The minimum absolute atomic E-state index is 0.128. The predicted molar refractivity (Wildman–Crippen MR) is 140 cm³/mol. The number of carbonyl (C=O) groups is 1. The Balaban J connectivity index is 1.67. The third-order valence-electron chi connectivity index (χ3n) is 6.27. The highest BCUT2D eigenvalue weighted by Crippen LogP contribution is 2.41. The molecule has 0 saturated carbocycles. The number of hydrogen-bond acceptors (Lipinski definition) is 5. The number of nitrogens with one attached hydrogen (secondary N) is 1. The van der Waals surface area contributed by atoms with Gasteiger partial charge in [0.2, 0.25) is 5.91 Å². The molecule has 1 heterocycles. The molecular formula is C28H32N2O5S. The molecule has 190 valence electrons. The Morgan fingerprint density at radius 2 is 1.81 bits per heavy atom. The van der Waals surface area contributed by atoms with E-state index in [1.807, 2.05) is 52.0 Å². The fourth-order valence-corrected chi connectivity index (χ4v) is 5.96. The first-order chi connectivity index (χ1) is 17.0. The molecule has 7 nitrogen and oxygen atoms in total. The summed E-state index contributed by atoms with van der Waals surface area (Å²) in [5.41, 5.74) is 2.44. The number of benzene rings is 3. The summed E-state index contributed by atoms with van der Waals surface area (Å²) in [7, 11) is -2.40. The van der Waals surface area contributed by atoms with Gasteiger partial charge in [-0.2, -0.15) is 0 Å².